The average Bonchev–Trinajstić information content (AvgIpc) is 2.81. The first-order valence-electron chi connectivity index (χ1n) is 8.24. The van der Waals surface area contributed by atoms with Gasteiger partial charge >= 0.3 is 0 Å². The summed E-state index contributed by atoms with van der Waals surface area (Å²) < 4.78 is 7.61. The predicted octanol–water partition coefficient (Wildman–Crippen LogP) is 4.09. The van der Waals surface area contributed by atoms with Gasteiger partial charge < -0.3 is 10.1 Å². The second-order valence-corrected chi connectivity index (χ2v) is 12.6. The Kier molecular flexibility index (Phi) is 5.95. The highest BCUT2D eigenvalue weighted by atomic mass is 28.3. The van der Waals surface area contributed by atoms with Crippen LogP contribution in [0.15, 0.2) is 24.3 Å². The molecule has 0 unspecified atom stereocenters. The Balaban J connectivity index is 2.09. The number of amides is 1. The fraction of sp³-hybridized carbons (Fsp3) is 0.529. The molecule has 0 atom stereocenters. The van der Waals surface area contributed by atoms with Crippen molar-refractivity contribution in [2.24, 2.45) is 0 Å². The van der Waals surface area contributed by atoms with Gasteiger partial charge in [0.15, 0.2) is 5.82 Å². The van der Waals surface area contributed by atoms with Gasteiger partial charge in [-0.2, -0.15) is 5.10 Å². The largest absolute Gasteiger partial charge is 0.360 e. The van der Waals surface area contributed by atoms with E-state index in [1.54, 1.807) is 0 Å². The molecule has 0 fully saturated rings. The first-order chi connectivity index (χ1) is 10.9. The lowest BCUT2D eigenvalue weighted by Gasteiger charge is -2.15. The van der Waals surface area contributed by atoms with Gasteiger partial charge in [-0.1, -0.05) is 38.7 Å². The Labute approximate surface area is 139 Å². The summed E-state index contributed by atoms with van der Waals surface area (Å²) in [5, 5.41) is 8.37. The summed E-state index contributed by atoms with van der Waals surface area (Å²) in [5.41, 5.74) is 0.979. The normalized spacial score (nSPS) is 11.8. The van der Waals surface area contributed by atoms with Crippen LogP contribution in [0.3, 0.4) is 0 Å². The van der Waals surface area contributed by atoms with E-state index in [4.69, 9.17) is 4.74 Å². The van der Waals surface area contributed by atoms with Gasteiger partial charge in [-0.15, -0.1) is 0 Å². The first-order valence-corrected chi connectivity index (χ1v) is 11.9. The number of nitrogens with zero attached hydrogens (tertiary/aromatic N) is 2. The molecule has 0 aliphatic heterocycles. The molecule has 0 saturated heterocycles. The smallest absolute Gasteiger partial charge is 0.225 e. The van der Waals surface area contributed by atoms with Gasteiger partial charge in [0.1, 0.15) is 6.73 Å². The minimum absolute atomic E-state index is 0.00236. The molecule has 1 amide bonds. The van der Waals surface area contributed by atoms with E-state index in [-0.39, 0.29) is 5.91 Å². The SMILES string of the molecule is CCCC(=O)Nc1nn(COCC[Si](C)(C)C)c2ccccc12. The van der Waals surface area contributed by atoms with Gasteiger partial charge in [0.25, 0.3) is 0 Å². The van der Waals surface area contributed by atoms with Crippen LogP contribution in [0.5, 0.6) is 0 Å². The monoisotopic (exact) mass is 333 g/mol. The van der Waals surface area contributed by atoms with Crippen LogP contribution in [0.1, 0.15) is 19.8 Å². The molecule has 0 radical (unpaired) electrons. The number of hydrogen-bond acceptors (Lipinski definition) is 3. The van der Waals surface area contributed by atoms with Crippen molar-refractivity contribution in [3.05, 3.63) is 24.3 Å². The van der Waals surface area contributed by atoms with Crippen LogP contribution in [0, 0.1) is 0 Å². The molecule has 1 N–H and O–H groups in total. The second-order valence-electron chi connectivity index (χ2n) is 7.01. The van der Waals surface area contributed by atoms with Crippen molar-refractivity contribution in [2.45, 2.75) is 52.2 Å². The third kappa shape index (κ3) is 5.18. The van der Waals surface area contributed by atoms with E-state index in [0.29, 0.717) is 19.0 Å². The van der Waals surface area contributed by atoms with Crippen LogP contribution < -0.4 is 5.32 Å². The number of carbonyl (C=O) groups excluding carboxylic acids is 1. The number of ether oxygens (including phenoxy) is 1. The van der Waals surface area contributed by atoms with Crippen molar-refractivity contribution in [1.29, 1.82) is 0 Å². The molecule has 0 bridgehead atoms. The molecule has 1 heterocycles. The summed E-state index contributed by atoms with van der Waals surface area (Å²) >= 11 is 0. The van der Waals surface area contributed by atoms with Crippen molar-refractivity contribution in [3.8, 4) is 0 Å². The number of aromatic nitrogens is 2. The first kappa shape index (κ1) is 17.7. The maximum absolute atomic E-state index is 11.8. The Bertz CT molecular complexity index is 661. The van der Waals surface area contributed by atoms with Crippen molar-refractivity contribution in [3.63, 3.8) is 0 Å². The molecule has 1 aromatic carbocycles. The zero-order chi connectivity index (χ0) is 16.9. The van der Waals surface area contributed by atoms with Crippen molar-refractivity contribution < 1.29 is 9.53 Å². The van der Waals surface area contributed by atoms with E-state index < -0.39 is 8.07 Å². The number of fused-ring (bicyclic) bond motifs is 1. The van der Waals surface area contributed by atoms with Crippen LogP contribution >= 0.6 is 0 Å². The summed E-state index contributed by atoms with van der Waals surface area (Å²) in [7, 11) is -1.09. The Morgan fingerprint density at radius 1 is 1.30 bits per heavy atom. The summed E-state index contributed by atoms with van der Waals surface area (Å²) in [6, 6.07) is 9.03. The number of hydrogen-bond donors (Lipinski definition) is 1. The van der Waals surface area contributed by atoms with E-state index in [1.807, 2.05) is 35.9 Å². The highest BCUT2D eigenvalue weighted by molar-refractivity contribution is 6.76. The molecule has 0 aliphatic rings. The van der Waals surface area contributed by atoms with Crippen molar-refractivity contribution in [1.82, 2.24) is 9.78 Å². The van der Waals surface area contributed by atoms with Crippen molar-refractivity contribution in [2.75, 3.05) is 11.9 Å². The lowest BCUT2D eigenvalue weighted by atomic mass is 10.2. The Hall–Kier alpha value is -1.66. The molecule has 0 spiro atoms. The van der Waals surface area contributed by atoms with Gasteiger partial charge in [0, 0.05) is 26.5 Å². The quantitative estimate of drug-likeness (QED) is 0.585. The van der Waals surface area contributed by atoms with Gasteiger partial charge in [-0.25, -0.2) is 4.68 Å². The predicted molar refractivity (Wildman–Crippen MR) is 97.4 cm³/mol. The minimum Gasteiger partial charge on any atom is -0.360 e. The second kappa shape index (κ2) is 7.74. The Morgan fingerprint density at radius 3 is 2.74 bits per heavy atom. The van der Waals surface area contributed by atoms with Gasteiger partial charge in [0.05, 0.1) is 5.52 Å². The number of rotatable bonds is 8. The molecular weight excluding hydrogens is 306 g/mol. The van der Waals surface area contributed by atoms with E-state index in [2.05, 4.69) is 30.1 Å². The Morgan fingerprint density at radius 2 is 2.04 bits per heavy atom. The average molecular weight is 334 g/mol. The van der Waals surface area contributed by atoms with E-state index in [9.17, 15) is 4.79 Å². The van der Waals surface area contributed by atoms with Gasteiger partial charge in [0.2, 0.25) is 5.91 Å². The highest BCUT2D eigenvalue weighted by Gasteiger charge is 2.14. The molecule has 0 aliphatic carbocycles. The topological polar surface area (TPSA) is 56.2 Å². The summed E-state index contributed by atoms with van der Waals surface area (Å²) in [5.74, 6) is 0.621. The number of carbonyl (C=O) groups is 1. The molecule has 0 saturated carbocycles. The standard InChI is InChI=1S/C17H27N3O2Si/c1-5-8-16(21)18-17-14-9-6-7-10-15(14)20(19-17)13-22-11-12-23(2,3)4/h6-7,9-10H,5,8,11-13H2,1-4H3,(H,18,19,21). The number of para-hydroxylation sites is 1. The fourth-order valence-electron chi connectivity index (χ4n) is 2.27. The zero-order valence-corrected chi connectivity index (χ0v) is 15.6. The highest BCUT2D eigenvalue weighted by Crippen LogP contribution is 2.23. The third-order valence-corrected chi connectivity index (χ3v) is 5.31. The van der Waals surface area contributed by atoms with E-state index in [0.717, 1.165) is 30.0 Å². The molecule has 2 rings (SSSR count). The number of anilines is 1. The van der Waals surface area contributed by atoms with Gasteiger partial charge in [-0.3, -0.25) is 4.79 Å². The number of benzene rings is 1. The van der Waals surface area contributed by atoms with Crippen LogP contribution in [0.2, 0.25) is 25.7 Å². The molecule has 6 heteroatoms. The van der Waals surface area contributed by atoms with E-state index >= 15 is 0 Å². The maximum Gasteiger partial charge on any atom is 0.225 e. The molecule has 5 nitrogen and oxygen atoms in total. The minimum atomic E-state index is -1.09. The fourth-order valence-corrected chi connectivity index (χ4v) is 3.03. The van der Waals surface area contributed by atoms with Crippen LogP contribution in [0.25, 0.3) is 10.9 Å². The lowest BCUT2D eigenvalue weighted by Crippen LogP contribution is -2.22. The molecule has 2 aromatic rings. The van der Waals surface area contributed by atoms with Crippen LogP contribution in [0.4, 0.5) is 5.82 Å². The van der Waals surface area contributed by atoms with Crippen LogP contribution in [-0.2, 0) is 16.3 Å². The molecule has 1 aromatic heterocycles. The van der Waals surface area contributed by atoms with Gasteiger partial charge in [-0.05, 0) is 24.6 Å². The van der Waals surface area contributed by atoms with Crippen molar-refractivity contribution >= 4 is 30.7 Å². The lowest BCUT2D eigenvalue weighted by molar-refractivity contribution is -0.116. The summed E-state index contributed by atoms with van der Waals surface area (Å²) in [4.78, 5) is 11.8. The molecule has 23 heavy (non-hydrogen) atoms. The van der Waals surface area contributed by atoms with E-state index in [1.165, 1.54) is 0 Å². The summed E-state index contributed by atoms with van der Waals surface area (Å²) in [6.45, 7) is 10.2. The van der Waals surface area contributed by atoms with Crippen LogP contribution in [-0.4, -0.2) is 30.4 Å². The molecular formula is C17H27N3O2Si. The zero-order valence-electron chi connectivity index (χ0n) is 14.6. The molecule has 126 valence electrons. The number of nitrogens with one attached hydrogen (secondary N) is 1. The summed E-state index contributed by atoms with van der Waals surface area (Å²) in [6.07, 6.45) is 1.33. The third-order valence-electron chi connectivity index (χ3n) is 3.60. The maximum atomic E-state index is 11.8.